The molecule has 3 aliphatic heterocycles. The molecular formula is C32H52N4O3. The molecule has 3 heterocycles. The van der Waals surface area contributed by atoms with Gasteiger partial charge in [0.25, 0.3) is 0 Å². The zero-order valence-corrected chi connectivity index (χ0v) is 24.9. The van der Waals surface area contributed by atoms with Crippen LogP contribution in [0, 0.1) is 11.3 Å². The molecule has 0 bridgehead atoms. The summed E-state index contributed by atoms with van der Waals surface area (Å²) in [6.45, 7) is 14.8. The molecule has 39 heavy (non-hydrogen) atoms. The molecular weight excluding hydrogens is 488 g/mol. The summed E-state index contributed by atoms with van der Waals surface area (Å²) < 4.78 is 5.74. The van der Waals surface area contributed by atoms with E-state index in [2.05, 4.69) is 55.7 Å². The lowest BCUT2D eigenvalue weighted by atomic mass is 9.93. The highest BCUT2D eigenvalue weighted by Gasteiger charge is 2.38. The van der Waals surface area contributed by atoms with Gasteiger partial charge < -0.3 is 20.3 Å². The third-order valence-electron chi connectivity index (χ3n) is 9.05. The van der Waals surface area contributed by atoms with Crippen molar-refractivity contribution in [3.8, 4) is 5.75 Å². The minimum absolute atomic E-state index is 0.0542. The van der Waals surface area contributed by atoms with Crippen LogP contribution in [0.4, 0.5) is 0 Å². The smallest absolute Gasteiger partial charge is 0.236 e. The fourth-order valence-electron chi connectivity index (χ4n) is 6.60. The molecule has 218 valence electrons. The van der Waals surface area contributed by atoms with Crippen molar-refractivity contribution in [3.05, 3.63) is 29.3 Å². The summed E-state index contributed by atoms with van der Waals surface area (Å²) in [5.41, 5.74) is 8.54. The van der Waals surface area contributed by atoms with Crippen LogP contribution in [0.2, 0.25) is 0 Å². The number of nitrogens with zero attached hydrogens (tertiary/aromatic N) is 3. The summed E-state index contributed by atoms with van der Waals surface area (Å²) in [7, 11) is 0. The second-order valence-electron chi connectivity index (χ2n) is 13.1. The Bertz CT molecular complexity index is 980. The van der Waals surface area contributed by atoms with E-state index in [9.17, 15) is 9.59 Å². The third kappa shape index (κ3) is 7.97. The molecule has 2 N–H and O–H groups in total. The van der Waals surface area contributed by atoms with E-state index >= 15 is 0 Å². The van der Waals surface area contributed by atoms with E-state index in [0.717, 1.165) is 90.0 Å². The highest BCUT2D eigenvalue weighted by atomic mass is 16.5. The first-order valence-electron chi connectivity index (χ1n) is 15.4. The van der Waals surface area contributed by atoms with Crippen LogP contribution in [-0.4, -0.2) is 85.0 Å². The lowest BCUT2D eigenvalue weighted by Gasteiger charge is -2.30. The molecule has 2 fully saturated rings. The zero-order chi connectivity index (χ0) is 28.0. The molecule has 3 aliphatic rings. The summed E-state index contributed by atoms with van der Waals surface area (Å²) in [5.74, 6) is 2.43. The summed E-state index contributed by atoms with van der Waals surface area (Å²) in [4.78, 5) is 32.9. The van der Waals surface area contributed by atoms with Crippen molar-refractivity contribution in [2.45, 2.75) is 91.0 Å². The number of carbonyl (C=O) groups is 2. The first-order valence-corrected chi connectivity index (χ1v) is 15.4. The average molecular weight is 541 g/mol. The van der Waals surface area contributed by atoms with Crippen molar-refractivity contribution < 1.29 is 14.3 Å². The van der Waals surface area contributed by atoms with Crippen LogP contribution < -0.4 is 10.5 Å². The number of benzene rings is 1. The molecule has 1 aromatic rings. The number of fused-ring (bicyclic) bond motifs is 1. The van der Waals surface area contributed by atoms with E-state index in [1.807, 2.05) is 4.90 Å². The van der Waals surface area contributed by atoms with Crippen molar-refractivity contribution in [3.63, 3.8) is 0 Å². The fraction of sp³-hybridized carbons (Fsp3) is 0.750. The van der Waals surface area contributed by atoms with E-state index in [1.165, 1.54) is 11.1 Å². The molecule has 2 saturated heterocycles. The Hall–Kier alpha value is -2.12. The van der Waals surface area contributed by atoms with Crippen LogP contribution in [0.3, 0.4) is 0 Å². The second kappa shape index (κ2) is 13.5. The number of unbranched alkanes of at least 4 members (excludes halogenated alkanes) is 1. The molecule has 0 spiro atoms. The molecule has 1 aromatic carbocycles. The van der Waals surface area contributed by atoms with E-state index in [1.54, 1.807) is 0 Å². The zero-order valence-electron chi connectivity index (χ0n) is 24.9. The molecule has 0 aromatic heterocycles. The molecule has 0 radical (unpaired) electrons. The normalized spacial score (nSPS) is 23.2. The number of carbonyl (C=O) groups excluding carboxylic acids is 2. The van der Waals surface area contributed by atoms with Crippen molar-refractivity contribution in [1.82, 2.24) is 14.7 Å². The summed E-state index contributed by atoms with van der Waals surface area (Å²) >= 11 is 0. The largest absolute Gasteiger partial charge is 0.493 e. The minimum atomic E-state index is 0.0542. The van der Waals surface area contributed by atoms with Crippen LogP contribution in [0.5, 0.6) is 5.75 Å². The lowest BCUT2D eigenvalue weighted by molar-refractivity contribution is -0.133. The van der Waals surface area contributed by atoms with Gasteiger partial charge in [-0.25, -0.2) is 0 Å². The van der Waals surface area contributed by atoms with Crippen LogP contribution >= 0.6 is 0 Å². The van der Waals surface area contributed by atoms with Crippen molar-refractivity contribution >= 4 is 11.8 Å². The Morgan fingerprint density at radius 2 is 2.05 bits per heavy atom. The first kappa shape index (κ1) is 29.9. The number of hydrogen-bond donors (Lipinski definition) is 1. The van der Waals surface area contributed by atoms with Gasteiger partial charge in [-0.05, 0) is 73.1 Å². The number of nitrogens with two attached hydrogens (primary N) is 1. The molecule has 3 atom stereocenters. The molecule has 7 heteroatoms. The maximum Gasteiger partial charge on any atom is 0.236 e. The Morgan fingerprint density at radius 1 is 1.26 bits per heavy atom. The standard InChI is InChI=1S/C32H52N4O3/c1-5-6-13-34(14-7-8-24(2)20-33)31(38)22-36-21-27(25-9-10-29-26(17-25)12-16-39-29)18-28(36)11-15-35-23-32(3,4)19-30(35)37/h9-10,17,24,27-28H,5-8,11-16,18-23,33H2,1-4H3/t24?,27-,28+/m1/s1. The Balaban J connectivity index is 1.43. The Morgan fingerprint density at radius 3 is 2.77 bits per heavy atom. The fourth-order valence-corrected chi connectivity index (χ4v) is 6.60. The molecule has 2 amide bonds. The highest BCUT2D eigenvalue weighted by Crippen LogP contribution is 2.37. The third-order valence-corrected chi connectivity index (χ3v) is 9.05. The van der Waals surface area contributed by atoms with E-state index in [4.69, 9.17) is 10.5 Å². The van der Waals surface area contributed by atoms with Crippen LogP contribution in [-0.2, 0) is 16.0 Å². The molecule has 0 aliphatic carbocycles. The van der Waals surface area contributed by atoms with Gasteiger partial charge in [-0.15, -0.1) is 0 Å². The van der Waals surface area contributed by atoms with Gasteiger partial charge in [-0.3, -0.25) is 14.5 Å². The van der Waals surface area contributed by atoms with Gasteiger partial charge in [-0.2, -0.15) is 0 Å². The molecule has 7 nitrogen and oxygen atoms in total. The molecule has 4 rings (SSSR count). The SMILES string of the molecule is CCCCN(CCCC(C)CN)C(=O)CN1C[C@H](c2ccc3c(c2)CCO3)C[C@@H]1CCN1CC(C)(C)CC1=O. The van der Waals surface area contributed by atoms with Crippen LogP contribution in [0.25, 0.3) is 0 Å². The predicted octanol–water partition coefficient (Wildman–Crippen LogP) is 4.43. The van der Waals surface area contributed by atoms with Crippen LogP contribution in [0.15, 0.2) is 18.2 Å². The summed E-state index contributed by atoms with van der Waals surface area (Å²) in [5, 5.41) is 0. The van der Waals surface area contributed by atoms with E-state index in [-0.39, 0.29) is 17.2 Å². The van der Waals surface area contributed by atoms with Gasteiger partial charge in [0, 0.05) is 51.6 Å². The average Bonchev–Trinajstić information content (AvgIpc) is 3.60. The monoisotopic (exact) mass is 540 g/mol. The van der Waals surface area contributed by atoms with Gasteiger partial charge in [0.15, 0.2) is 0 Å². The first-order chi connectivity index (χ1) is 18.7. The lowest BCUT2D eigenvalue weighted by Crippen LogP contribution is -2.44. The highest BCUT2D eigenvalue weighted by molar-refractivity contribution is 5.79. The van der Waals surface area contributed by atoms with Gasteiger partial charge in [-0.1, -0.05) is 46.2 Å². The van der Waals surface area contributed by atoms with E-state index < -0.39 is 0 Å². The molecule has 1 unspecified atom stereocenters. The number of hydrogen-bond acceptors (Lipinski definition) is 5. The number of amides is 2. The van der Waals surface area contributed by atoms with Crippen molar-refractivity contribution in [2.75, 3.05) is 52.4 Å². The maximum absolute atomic E-state index is 13.7. The van der Waals surface area contributed by atoms with Crippen LogP contribution in [0.1, 0.15) is 89.7 Å². The Labute approximate surface area is 236 Å². The summed E-state index contributed by atoms with van der Waals surface area (Å²) in [6.07, 6.45) is 7.74. The van der Waals surface area contributed by atoms with Gasteiger partial charge >= 0.3 is 0 Å². The summed E-state index contributed by atoms with van der Waals surface area (Å²) in [6, 6.07) is 6.97. The minimum Gasteiger partial charge on any atom is -0.493 e. The number of likely N-dealkylation sites (tertiary alicyclic amines) is 2. The van der Waals surface area contributed by atoms with Gasteiger partial charge in [0.05, 0.1) is 13.2 Å². The Kier molecular flexibility index (Phi) is 10.3. The van der Waals surface area contributed by atoms with Crippen molar-refractivity contribution in [1.29, 1.82) is 0 Å². The second-order valence-corrected chi connectivity index (χ2v) is 13.1. The quantitative estimate of drug-likeness (QED) is 0.378. The predicted molar refractivity (Wildman–Crippen MR) is 157 cm³/mol. The number of rotatable bonds is 14. The maximum atomic E-state index is 13.7. The van der Waals surface area contributed by atoms with E-state index in [0.29, 0.717) is 37.4 Å². The van der Waals surface area contributed by atoms with Crippen molar-refractivity contribution in [2.24, 2.45) is 17.1 Å². The molecule has 0 saturated carbocycles. The number of ether oxygens (including phenoxy) is 1. The van der Waals surface area contributed by atoms with Gasteiger partial charge in [0.1, 0.15) is 5.75 Å². The van der Waals surface area contributed by atoms with Gasteiger partial charge in [0.2, 0.25) is 11.8 Å². The topological polar surface area (TPSA) is 79.1 Å².